The number of nitrogens with zero attached hydrogens (tertiary/aromatic N) is 3. The van der Waals surface area contributed by atoms with Crippen LogP contribution in [0.3, 0.4) is 0 Å². The molecule has 0 fully saturated rings. The fraction of sp³-hybridized carbons (Fsp3) is 0.308. The quantitative estimate of drug-likeness (QED) is 0.871. The van der Waals surface area contributed by atoms with E-state index in [-0.39, 0.29) is 0 Å². The summed E-state index contributed by atoms with van der Waals surface area (Å²) in [5.74, 6) is 0.749. The van der Waals surface area contributed by atoms with Gasteiger partial charge in [0.1, 0.15) is 0 Å². The summed E-state index contributed by atoms with van der Waals surface area (Å²) >= 11 is 0. The number of nitrogens with one attached hydrogen (secondary N) is 1. The van der Waals surface area contributed by atoms with E-state index >= 15 is 0 Å². The Hall–Kier alpha value is -1.81. The Morgan fingerprint density at radius 1 is 1.06 bits per heavy atom. The van der Waals surface area contributed by atoms with E-state index < -0.39 is 0 Å². The van der Waals surface area contributed by atoms with E-state index in [1.165, 1.54) is 0 Å². The van der Waals surface area contributed by atoms with Crippen LogP contribution in [0.2, 0.25) is 0 Å². The molecule has 0 spiro atoms. The molecule has 4 heteroatoms. The first-order valence-electron chi connectivity index (χ1n) is 5.60. The lowest BCUT2D eigenvalue weighted by atomic mass is 10.2. The SMILES string of the molecule is CNCc1cnc(-c2cc(C)nc(C)c2)nc1. The van der Waals surface area contributed by atoms with Crippen LogP contribution in [0.25, 0.3) is 11.4 Å². The van der Waals surface area contributed by atoms with Gasteiger partial charge in [0.25, 0.3) is 0 Å². The summed E-state index contributed by atoms with van der Waals surface area (Å²) in [5.41, 5.74) is 4.08. The summed E-state index contributed by atoms with van der Waals surface area (Å²) in [6.45, 7) is 4.74. The van der Waals surface area contributed by atoms with E-state index in [1.807, 2.05) is 45.4 Å². The summed E-state index contributed by atoms with van der Waals surface area (Å²) in [6.07, 6.45) is 3.70. The molecule has 2 rings (SSSR count). The normalized spacial score (nSPS) is 10.5. The molecule has 2 aromatic heterocycles. The van der Waals surface area contributed by atoms with Crippen LogP contribution in [0.15, 0.2) is 24.5 Å². The largest absolute Gasteiger partial charge is 0.316 e. The number of aromatic nitrogens is 3. The summed E-state index contributed by atoms with van der Waals surface area (Å²) in [7, 11) is 1.91. The minimum Gasteiger partial charge on any atom is -0.316 e. The molecule has 0 aliphatic heterocycles. The molecular formula is C13H16N4. The number of hydrogen-bond donors (Lipinski definition) is 1. The lowest BCUT2D eigenvalue weighted by molar-refractivity contribution is 0.807. The molecule has 0 bridgehead atoms. The van der Waals surface area contributed by atoms with E-state index in [1.54, 1.807) is 0 Å². The minimum absolute atomic E-state index is 0.749. The van der Waals surface area contributed by atoms with Gasteiger partial charge >= 0.3 is 0 Å². The van der Waals surface area contributed by atoms with Gasteiger partial charge < -0.3 is 5.32 Å². The topological polar surface area (TPSA) is 50.7 Å². The smallest absolute Gasteiger partial charge is 0.159 e. The van der Waals surface area contributed by atoms with Gasteiger partial charge in [0, 0.05) is 41.5 Å². The third-order valence-corrected chi connectivity index (χ3v) is 2.43. The zero-order valence-electron chi connectivity index (χ0n) is 10.4. The van der Waals surface area contributed by atoms with Gasteiger partial charge in [-0.15, -0.1) is 0 Å². The van der Waals surface area contributed by atoms with Crippen molar-refractivity contribution in [3.63, 3.8) is 0 Å². The van der Waals surface area contributed by atoms with Gasteiger partial charge in [-0.3, -0.25) is 4.98 Å². The Bertz CT molecular complexity index is 485. The van der Waals surface area contributed by atoms with E-state index in [2.05, 4.69) is 20.3 Å². The average Bonchev–Trinajstić information content (AvgIpc) is 2.29. The van der Waals surface area contributed by atoms with Crippen molar-refractivity contribution in [2.75, 3.05) is 7.05 Å². The maximum Gasteiger partial charge on any atom is 0.159 e. The number of rotatable bonds is 3. The zero-order valence-corrected chi connectivity index (χ0v) is 10.4. The third-order valence-electron chi connectivity index (χ3n) is 2.43. The van der Waals surface area contributed by atoms with Crippen LogP contribution < -0.4 is 5.32 Å². The van der Waals surface area contributed by atoms with Crippen LogP contribution in [-0.4, -0.2) is 22.0 Å². The van der Waals surface area contributed by atoms with Crippen LogP contribution in [0.5, 0.6) is 0 Å². The summed E-state index contributed by atoms with van der Waals surface area (Å²) < 4.78 is 0. The van der Waals surface area contributed by atoms with Crippen molar-refractivity contribution >= 4 is 0 Å². The highest BCUT2D eigenvalue weighted by Crippen LogP contribution is 2.16. The number of aryl methyl sites for hydroxylation is 2. The molecule has 0 atom stereocenters. The molecule has 88 valence electrons. The van der Waals surface area contributed by atoms with Gasteiger partial charge in [-0.05, 0) is 33.0 Å². The summed E-state index contributed by atoms with van der Waals surface area (Å²) in [6, 6.07) is 4.00. The Morgan fingerprint density at radius 2 is 1.65 bits per heavy atom. The van der Waals surface area contributed by atoms with Crippen LogP contribution in [0.4, 0.5) is 0 Å². The van der Waals surface area contributed by atoms with Gasteiger partial charge in [-0.25, -0.2) is 9.97 Å². The minimum atomic E-state index is 0.749. The average molecular weight is 228 g/mol. The molecule has 2 heterocycles. The molecule has 17 heavy (non-hydrogen) atoms. The number of hydrogen-bond acceptors (Lipinski definition) is 4. The lowest BCUT2D eigenvalue weighted by Gasteiger charge is -2.04. The van der Waals surface area contributed by atoms with Gasteiger partial charge in [0.2, 0.25) is 0 Å². The van der Waals surface area contributed by atoms with Crippen LogP contribution in [0.1, 0.15) is 17.0 Å². The first kappa shape index (κ1) is 11.7. The Balaban J connectivity index is 2.32. The molecule has 0 unspecified atom stereocenters. The van der Waals surface area contributed by atoms with E-state index in [0.717, 1.165) is 34.9 Å². The molecule has 4 nitrogen and oxygen atoms in total. The van der Waals surface area contributed by atoms with Crippen molar-refractivity contribution in [2.45, 2.75) is 20.4 Å². The van der Waals surface area contributed by atoms with Crippen LogP contribution >= 0.6 is 0 Å². The fourth-order valence-electron chi connectivity index (χ4n) is 1.76. The molecule has 0 aromatic carbocycles. The van der Waals surface area contributed by atoms with Crippen molar-refractivity contribution < 1.29 is 0 Å². The monoisotopic (exact) mass is 228 g/mol. The second kappa shape index (κ2) is 5.01. The highest BCUT2D eigenvalue weighted by atomic mass is 14.9. The molecule has 0 aliphatic rings. The molecule has 0 radical (unpaired) electrons. The third kappa shape index (κ3) is 2.85. The van der Waals surface area contributed by atoms with Gasteiger partial charge in [0.05, 0.1) is 0 Å². The number of pyridine rings is 1. The van der Waals surface area contributed by atoms with E-state index in [9.17, 15) is 0 Å². The van der Waals surface area contributed by atoms with Crippen molar-refractivity contribution in [2.24, 2.45) is 0 Å². The predicted molar refractivity (Wildman–Crippen MR) is 67.5 cm³/mol. The molecule has 0 aliphatic carbocycles. The van der Waals surface area contributed by atoms with Gasteiger partial charge in [-0.2, -0.15) is 0 Å². The van der Waals surface area contributed by atoms with Gasteiger partial charge in [-0.1, -0.05) is 0 Å². The zero-order chi connectivity index (χ0) is 12.3. The molecule has 2 aromatic rings. The Morgan fingerprint density at radius 3 is 2.18 bits per heavy atom. The van der Waals surface area contributed by atoms with Crippen LogP contribution in [-0.2, 0) is 6.54 Å². The van der Waals surface area contributed by atoms with Crippen LogP contribution in [0, 0.1) is 13.8 Å². The van der Waals surface area contributed by atoms with Crippen molar-refractivity contribution in [3.8, 4) is 11.4 Å². The van der Waals surface area contributed by atoms with Crippen molar-refractivity contribution in [3.05, 3.63) is 41.5 Å². The first-order chi connectivity index (χ1) is 8.19. The fourth-order valence-corrected chi connectivity index (χ4v) is 1.76. The Labute approximate surface area is 101 Å². The molecule has 1 N–H and O–H groups in total. The summed E-state index contributed by atoms with van der Waals surface area (Å²) in [5, 5.41) is 3.07. The molecule has 0 amide bonds. The maximum absolute atomic E-state index is 4.37. The Kier molecular flexibility index (Phi) is 3.44. The molecule has 0 saturated carbocycles. The standard InChI is InChI=1S/C13H16N4/c1-9-4-12(5-10(2)17-9)13-15-7-11(6-14-3)8-16-13/h4-5,7-8,14H,6H2,1-3H3. The predicted octanol–water partition coefficient (Wildman–Crippen LogP) is 1.87. The molecule has 0 saturated heterocycles. The summed E-state index contributed by atoms with van der Waals surface area (Å²) in [4.78, 5) is 13.1. The maximum atomic E-state index is 4.37. The van der Waals surface area contributed by atoms with E-state index in [0.29, 0.717) is 0 Å². The van der Waals surface area contributed by atoms with Gasteiger partial charge in [0.15, 0.2) is 5.82 Å². The first-order valence-corrected chi connectivity index (χ1v) is 5.60. The van der Waals surface area contributed by atoms with E-state index in [4.69, 9.17) is 0 Å². The highest BCUT2D eigenvalue weighted by molar-refractivity contribution is 5.55. The molecular weight excluding hydrogens is 212 g/mol. The lowest BCUT2D eigenvalue weighted by Crippen LogP contribution is -2.06. The second-order valence-electron chi connectivity index (χ2n) is 4.08. The van der Waals surface area contributed by atoms with Crippen molar-refractivity contribution in [1.82, 2.24) is 20.3 Å². The highest BCUT2D eigenvalue weighted by Gasteiger charge is 2.03. The van der Waals surface area contributed by atoms with Crippen molar-refractivity contribution in [1.29, 1.82) is 0 Å². The second-order valence-corrected chi connectivity index (χ2v) is 4.08.